The van der Waals surface area contributed by atoms with Crippen molar-refractivity contribution in [3.63, 3.8) is 0 Å². The number of anilines is 6. The average Bonchev–Trinajstić information content (AvgIpc) is 1.53. The third kappa shape index (κ3) is 6.89. The van der Waals surface area contributed by atoms with Crippen LogP contribution in [0.15, 0.2) is 237 Å². The number of benzene rings is 12. The van der Waals surface area contributed by atoms with Crippen molar-refractivity contribution in [2.75, 3.05) is 9.80 Å². The lowest BCUT2D eigenvalue weighted by molar-refractivity contribution is -0.0400. The average molecular weight is 1090 g/mol. The molecule has 1 spiro atoms. The standard InChI is InChI=1S/C79H56N4S/c1-47-34-69-71(82(59-15-3-2-4-16-59)61-28-29-66-65-18-8-10-20-73(65)84-74(66)44-61)31-26-54-42-67(52-23-21-51(22-24-52)55-14-11-33-81-46-55)76-72(32-30-63(47)77(76)75(54)69)83(60-27-25-50-12-5-6-13-53(50)40-60)62-41-56(45-80)78-68(43-62)64-17-7-9-19-70(64)79(78)57-36-48-35-49(38-57)39-58(79)37-48/h2-34,40-44,46,48-49,57-58H,35-39H2,1H3. The Labute approximate surface area is 492 Å². The molecule has 14 aromatic rings. The van der Waals surface area contributed by atoms with Crippen LogP contribution >= 0.6 is 11.3 Å². The van der Waals surface area contributed by atoms with Gasteiger partial charge in [0.05, 0.1) is 23.0 Å². The van der Waals surface area contributed by atoms with Crippen molar-refractivity contribution in [2.24, 2.45) is 23.7 Å². The molecule has 0 saturated heterocycles. The van der Waals surface area contributed by atoms with Gasteiger partial charge in [0.25, 0.3) is 0 Å². The lowest BCUT2D eigenvalue weighted by atomic mass is 9.43. The summed E-state index contributed by atoms with van der Waals surface area (Å²) in [4.78, 5) is 9.47. The number of hydrogen-bond donors (Lipinski definition) is 0. The Kier molecular flexibility index (Phi) is 10.4. The Bertz CT molecular complexity index is 5040. The van der Waals surface area contributed by atoms with Gasteiger partial charge in [-0.2, -0.15) is 5.26 Å². The fourth-order valence-electron chi connectivity index (χ4n) is 17.2. The molecule has 0 atom stereocenters. The van der Waals surface area contributed by atoms with Gasteiger partial charge in [-0.05, 0) is 225 Å². The molecule has 12 aromatic carbocycles. The number of aromatic nitrogens is 1. The Morgan fingerprint density at radius 1 is 0.452 bits per heavy atom. The van der Waals surface area contributed by atoms with E-state index >= 15 is 0 Å². The van der Waals surface area contributed by atoms with Gasteiger partial charge in [0.15, 0.2) is 0 Å². The summed E-state index contributed by atoms with van der Waals surface area (Å²) in [6.45, 7) is 2.30. The van der Waals surface area contributed by atoms with Crippen LogP contribution in [0.5, 0.6) is 0 Å². The Morgan fingerprint density at radius 3 is 1.96 bits per heavy atom. The molecular weight excluding hydrogens is 1040 g/mol. The monoisotopic (exact) mass is 1090 g/mol. The van der Waals surface area contributed by atoms with E-state index in [1.165, 1.54) is 123 Å². The van der Waals surface area contributed by atoms with Gasteiger partial charge in [-0.3, -0.25) is 4.98 Å². The number of nitriles is 1. The Morgan fingerprint density at radius 2 is 1.14 bits per heavy atom. The molecule has 0 N–H and O–H groups in total. The van der Waals surface area contributed by atoms with E-state index in [4.69, 9.17) is 0 Å². The van der Waals surface area contributed by atoms with Crippen molar-refractivity contribution in [3.05, 3.63) is 259 Å². The molecule has 84 heavy (non-hydrogen) atoms. The molecule has 4 saturated carbocycles. The highest BCUT2D eigenvalue weighted by molar-refractivity contribution is 7.25. The fraction of sp³-hybridized carbons (Fsp3) is 0.139. The van der Waals surface area contributed by atoms with Gasteiger partial charge in [0, 0.05) is 76.9 Å². The minimum atomic E-state index is -0.147. The molecule has 2 heterocycles. The van der Waals surface area contributed by atoms with Crippen LogP contribution in [0.1, 0.15) is 54.4 Å². The van der Waals surface area contributed by atoms with Gasteiger partial charge in [0.1, 0.15) is 0 Å². The molecule has 0 amide bonds. The molecule has 4 bridgehead atoms. The second-order valence-electron chi connectivity index (χ2n) is 24.6. The van der Waals surface area contributed by atoms with Crippen molar-refractivity contribution < 1.29 is 0 Å². The maximum atomic E-state index is 11.8. The SMILES string of the molecule is Cc1cc2c(N(c3ccccc3)c3ccc4c(c3)sc3ccccc34)ccc3cc(-c4ccc(-c5cccnc5)cc4)c4c(N(c5cc(C#N)c6c(c5)-c5ccccc5C65C6CC7CC(C6)CC5C7)c5ccc6ccccc6c5)ccc1c4c32. The molecule has 0 aliphatic heterocycles. The van der Waals surface area contributed by atoms with Crippen LogP contribution in [0, 0.1) is 41.9 Å². The highest BCUT2D eigenvalue weighted by Crippen LogP contribution is 2.70. The lowest BCUT2D eigenvalue weighted by Gasteiger charge is -2.61. The predicted molar refractivity (Wildman–Crippen MR) is 351 cm³/mol. The number of thiophene rings is 1. The van der Waals surface area contributed by atoms with Crippen LogP contribution < -0.4 is 9.80 Å². The zero-order valence-corrected chi connectivity index (χ0v) is 47.4. The van der Waals surface area contributed by atoms with Crippen molar-refractivity contribution in [1.82, 2.24) is 4.98 Å². The third-order valence-corrected chi connectivity index (χ3v) is 21.5. The second-order valence-corrected chi connectivity index (χ2v) is 25.7. The van der Waals surface area contributed by atoms with E-state index in [1.807, 2.05) is 29.8 Å². The number of hydrogen-bond acceptors (Lipinski definition) is 5. The molecule has 398 valence electrons. The van der Waals surface area contributed by atoms with E-state index < -0.39 is 0 Å². The van der Waals surface area contributed by atoms with Gasteiger partial charge in [-0.1, -0.05) is 140 Å². The van der Waals surface area contributed by atoms with E-state index in [9.17, 15) is 5.26 Å². The lowest BCUT2D eigenvalue weighted by Crippen LogP contribution is -2.55. The Hall–Kier alpha value is -9.60. The maximum absolute atomic E-state index is 11.8. The molecular formula is C79H56N4S. The summed E-state index contributed by atoms with van der Waals surface area (Å²) in [6, 6.07) is 86.9. The predicted octanol–water partition coefficient (Wildman–Crippen LogP) is 21.7. The van der Waals surface area contributed by atoms with Crippen LogP contribution in [0.3, 0.4) is 0 Å². The van der Waals surface area contributed by atoms with Crippen molar-refractivity contribution in [3.8, 4) is 39.4 Å². The zero-order valence-electron chi connectivity index (χ0n) is 46.6. The fourth-order valence-corrected chi connectivity index (χ4v) is 18.4. The zero-order chi connectivity index (χ0) is 55.4. The number of nitrogens with zero attached hydrogens (tertiary/aromatic N) is 4. The first kappa shape index (κ1) is 48.0. The largest absolute Gasteiger partial charge is 0.310 e. The molecule has 4 fully saturated rings. The second kappa shape index (κ2) is 18.2. The number of fused-ring (bicyclic) bond motifs is 7. The van der Waals surface area contributed by atoms with Gasteiger partial charge in [-0.15, -0.1) is 11.3 Å². The van der Waals surface area contributed by atoms with E-state index in [2.05, 4.69) is 246 Å². The number of rotatable bonds is 8. The first-order valence-electron chi connectivity index (χ1n) is 30.0. The summed E-state index contributed by atoms with van der Waals surface area (Å²) in [5, 5.41) is 24.0. The minimum absolute atomic E-state index is 0.147. The highest BCUT2D eigenvalue weighted by Gasteiger charge is 2.62. The van der Waals surface area contributed by atoms with Crippen LogP contribution in [-0.2, 0) is 5.41 Å². The summed E-state index contributed by atoms with van der Waals surface area (Å²) in [6.07, 6.45) is 10.2. The highest BCUT2D eigenvalue weighted by atomic mass is 32.1. The first-order chi connectivity index (χ1) is 41.5. The summed E-state index contributed by atoms with van der Waals surface area (Å²) in [5.41, 5.74) is 18.1. The number of aryl methyl sites for hydroxylation is 1. The topological polar surface area (TPSA) is 43.2 Å². The van der Waals surface area contributed by atoms with Gasteiger partial charge in [-0.25, -0.2) is 0 Å². The molecule has 4 nitrogen and oxygen atoms in total. The minimum Gasteiger partial charge on any atom is -0.310 e. The van der Waals surface area contributed by atoms with Crippen molar-refractivity contribution in [1.29, 1.82) is 5.26 Å². The maximum Gasteiger partial charge on any atom is 0.0995 e. The molecule has 5 aliphatic rings. The van der Waals surface area contributed by atoms with E-state index in [0.29, 0.717) is 11.8 Å². The summed E-state index contributed by atoms with van der Waals surface area (Å²) in [7, 11) is 0. The van der Waals surface area contributed by atoms with Crippen LogP contribution in [0.4, 0.5) is 34.1 Å². The van der Waals surface area contributed by atoms with Crippen molar-refractivity contribution in [2.45, 2.75) is 44.4 Å². The number of pyridine rings is 1. The summed E-state index contributed by atoms with van der Waals surface area (Å²) < 4.78 is 2.56. The van der Waals surface area contributed by atoms with Gasteiger partial charge >= 0.3 is 0 Å². The first-order valence-corrected chi connectivity index (χ1v) is 30.8. The normalized spacial score (nSPS) is 19.3. The summed E-state index contributed by atoms with van der Waals surface area (Å²) in [5.74, 6) is 2.69. The molecule has 5 aliphatic carbocycles. The van der Waals surface area contributed by atoms with Crippen molar-refractivity contribution >= 4 is 109 Å². The van der Waals surface area contributed by atoms with Gasteiger partial charge < -0.3 is 9.80 Å². The van der Waals surface area contributed by atoms with Crippen LogP contribution in [0.2, 0.25) is 0 Å². The van der Waals surface area contributed by atoms with Gasteiger partial charge in [0.2, 0.25) is 0 Å². The summed E-state index contributed by atoms with van der Waals surface area (Å²) >= 11 is 1.86. The van der Waals surface area contributed by atoms with E-state index in [1.54, 1.807) is 0 Å². The van der Waals surface area contributed by atoms with E-state index in [0.717, 1.165) is 73.8 Å². The quantitative estimate of drug-likeness (QED) is 0.142. The van der Waals surface area contributed by atoms with Crippen LogP contribution in [-0.4, -0.2) is 4.98 Å². The smallest absolute Gasteiger partial charge is 0.0995 e. The third-order valence-electron chi connectivity index (χ3n) is 20.3. The number of para-hydroxylation sites is 1. The molecule has 2 aromatic heterocycles. The van der Waals surface area contributed by atoms with Crippen LogP contribution in [0.25, 0.3) is 96.6 Å². The van der Waals surface area contributed by atoms with E-state index in [-0.39, 0.29) is 5.41 Å². The molecule has 19 rings (SSSR count). The Balaban J connectivity index is 0.927. The molecule has 5 heteroatoms. The molecule has 0 unspecified atom stereocenters. The molecule has 0 radical (unpaired) electrons.